The van der Waals surface area contributed by atoms with Crippen molar-refractivity contribution in [3.63, 3.8) is 0 Å². The summed E-state index contributed by atoms with van der Waals surface area (Å²) in [5.74, 6) is -1.76. The molecule has 11 nitrogen and oxygen atoms in total. The fourth-order valence-electron chi connectivity index (χ4n) is 4.15. The van der Waals surface area contributed by atoms with E-state index < -0.39 is 29.4 Å². The number of aromatic amines is 1. The number of carboxylic acid groups (broad SMARTS) is 1. The van der Waals surface area contributed by atoms with E-state index in [9.17, 15) is 19.2 Å². The number of anilines is 1. The first-order chi connectivity index (χ1) is 15.3. The zero-order chi connectivity index (χ0) is 22.9. The van der Waals surface area contributed by atoms with Gasteiger partial charge in [0.25, 0.3) is 5.91 Å². The first-order valence-electron chi connectivity index (χ1n) is 10.6. The maximum absolute atomic E-state index is 12.9. The number of carboxylic acids is 1. The Bertz CT molecular complexity index is 1020. The van der Waals surface area contributed by atoms with Crippen LogP contribution in [0.3, 0.4) is 0 Å². The van der Waals surface area contributed by atoms with Crippen LogP contribution in [0.25, 0.3) is 11.0 Å². The fourth-order valence-corrected chi connectivity index (χ4v) is 4.15. The third kappa shape index (κ3) is 4.10. The van der Waals surface area contributed by atoms with Crippen molar-refractivity contribution in [2.75, 3.05) is 31.5 Å². The number of carbonyl (C=O) groups excluding carboxylic acids is 3. The third-order valence-corrected chi connectivity index (χ3v) is 6.11. The Labute approximate surface area is 184 Å². The summed E-state index contributed by atoms with van der Waals surface area (Å²) in [6, 6.07) is 7.08. The predicted octanol–water partition coefficient (Wildman–Crippen LogP) is 0.999. The van der Waals surface area contributed by atoms with Crippen LogP contribution in [0.2, 0.25) is 0 Å². The molecule has 4 rings (SSSR count). The van der Waals surface area contributed by atoms with Crippen molar-refractivity contribution in [1.82, 2.24) is 25.1 Å². The van der Waals surface area contributed by atoms with Crippen LogP contribution < -0.4 is 10.6 Å². The molecule has 2 aliphatic rings. The minimum absolute atomic E-state index is 0.0448. The summed E-state index contributed by atoms with van der Waals surface area (Å²) in [4.78, 5) is 59.0. The first-order valence-corrected chi connectivity index (χ1v) is 10.6. The van der Waals surface area contributed by atoms with Gasteiger partial charge in [-0.05, 0) is 25.0 Å². The van der Waals surface area contributed by atoms with E-state index in [1.54, 1.807) is 4.90 Å². The summed E-state index contributed by atoms with van der Waals surface area (Å²) in [6.45, 7) is 2.39. The molecule has 32 heavy (non-hydrogen) atoms. The standard InChI is InChI=1S/C21H26N6O5/c1-13(17(29)30)12-27-18(31)21(25-20(27)32)7-10-26(11-8-21)16(28)6-9-22-19-23-14-4-2-3-5-15(14)24-19/h2-5,13H,6-12H2,1H3,(H,25,32)(H,29,30)(H2,22,23,24). The summed E-state index contributed by atoms with van der Waals surface area (Å²) in [6.07, 6.45) is 0.878. The maximum atomic E-state index is 12.9. The highest BCUT2D eigenvalue weighted by Gasteiger charge is 2.53. The van der Waals surface area contributed by atoms with E-state index in [1.165, 1.54) is 6.92 Å². The number of benzene rings is 1. The molecular weight excluding hydrogens is 416 g/mol. The lowest BCUT2D eigenvalue weighted by Crippen LogP contribution is -2.56. The molecule has 2 aromatic rings. The van der Waals surface area contributed by atoms with Gasteiger partial charge in [-0.2, -0.15) is 0 Å². The fraction of sp³-hybridized carbons (Fsp3) is 0.476. The number of hydrogen-bond acceptors (Lipinski definition) is 6. The number of aliphatic carboxylic acids is 1. The average Bonchev–Trinajstić information content (AvgIpc) is 3.28. The third-order valence-electron chi connectivity index (χ3n) is 6.11. The van der Waals surface area contributed by atoms with Crippen LogP contribution in [0, 0.1) is 5.92 Å². The normalized spacial score (nSPS) is 18.8. The van der Waals surface area contributed by atoms with Crippen molar-refractivity contribution in [2.45, 2.75) is 31.7 Å². The van der Waals surface area contributed by atoms with Gasteiger partial charge in [0.2, 0.25) is 11.9 Å². The lowest BCUT2D eigenvalue weighted by molar-refractivity contribution is -0.143. The van der Waals surface area contributed by atoms with E-state index >= 15 is 0 Å². The molecule has 0 aliphatic carbocycles. The highest BCUT2D eigenvalue weighted by molar-refractivity contribution is 6.07. The number of likely N-dealkylation sites (tertiary alicyclic amines) is 1. The van der Waals surface area contributed by atoms with E-state index in [-0.39, 0.29) is 18.9 Å². The monoisotopic (exact) mass is 442 g/mol. The largest absolute Gasteiger partial charge is 0.481 e. The molecule has 2 fully saturated rings. The van der Waals surface area contributed by atoms with Crippen molar-refractivity contribution >= 4 is 40.8 Å². The van der Waals surface area contributed by atoms with Gasteiger partial charge in [-0.1, -0.05) is 19.1 Å². The molecule has 170 valence electrons. The van der Waals surface area contributed by atoms with Crippen LogP contribution in [-0.4, -0.2) is 80.4 Å². The summed E-state index contributed by atoms with van der Waals surface area (Å²) in [7, 11) is 0. The number of piperidine rings is 1. The lowest BCUT2D eigenvalue weighted by atomic mass is 9.87. The second-order valence-electron chi connectivity index (χ2n) is 8.33. The van der Waals surface area contributed by atoms with E-state index in [0.29, 0.717) is 38.4 Å². The zero-order valence-electron chi connectivity index (χ0n) is 17.8. The molecule has 2 saturated heterocycles. The number of carbonyl (C=O) groups is 4. The molecule has 0 radical (unpaired) electrons. The average molecular weight is 442 g/mol. The van der Waals surface area contributed by atoms with Crippen LogP contribution >= 0.6 is 0 Å². The molecule has 1 unspecified atom stereocenters. The smallest absolute Gasteiger partial charge is 0.325 e. The molecule has 1 aromatic heterocycles. The molecule has 1 aromatic carbocycles. The SMILES string of the molecule is CC(CN1C(=O)NC2(CCN(C(=O)CCNc3nc4ccccc4[nH]3)CC2)C1=O)C(=O)O. The summed E-state index contributed by atoms with van der Waals surface area (Å²) in [5.41, 5.74) is 0.703. The summed E-state index contributed by atoms with van der Waals surface area (Å²) >= 11 is 0. The highest BCUT2D eigenvalue weighted by Crippen LogP contribution is 2.30. The summed E-state index contributed by atoms with van der Waals surface area (Å²) < 4.78 is 0. The molecule has 0 saturated carbocycles. The number of hydrogen-bond donors (Lipinski definition) is 4. The number of H-pyrrole nitrogens is 1. The van der Waals surface area contributed by atoms with E-state index in [1.807, 2.05) is 24.3 Å². The van der Waals surface area contributed by atoms with Gasteiger partial charge in [0, 0.05) is 32.6 Å². The van der Waals surface area contributed by atoms with Crippen LogP contribution in [0.15, 0.2) is 24.3 Å². The number of para-hydroxylation sites is 2. The Kier molecular flexibility index (Phi) is 5.72. The van der Waals surface area contributed by atoms with Gasteiger partial charge in [0.15, 0.2) is 0 Å². The van der Waals surface area contributed by atoms with Crippen LogP contribution in [-0.2, 0) is 14.4 Å². The topological polar surface area (TPSA) is 148 Å². The Morgan fingerprint density at radius 3 is 2.66 bits per heavy atom. The number of aromatic nitrogens is 2. The van der Waals surface area contributed by atoms with Crippen molar-refractivity contribution in [3.8, 4) is 0 Å². The number of imide groups is 1. The second-order valence-corrected chi connectivity index (χ2v) is 8.33. The predicted molar refractivity (Wildman–Crippen MR) is 115 cm³/mol. The number of imidazole rings is 1. The van der Waals surface area contributed by atoms with Crippen LogP contribution in [0.5, 0.6) is 0 Å². The Morgan fingerprint density at radius 2 is 1.97 bits per heavy atom. The van der Waals surface area contributed by atoms with Crippen molar-refractivity contribution in [3.05, 3.63) is 24.3 Å². The number of nitrogens with one attached hydrogen (secondary N) is 3. The highest BCUT2D eigenvalue weighted by atomic mass is 16.4. The number of nitrogens with zero attached hydrogens (tertiary/aromatic N) is 3. The van der Waals surface area contributed by atoms with Crippen molar-refractivity contribution in [2.24, 2.45) is 5.92 Å². The maximum Gasteiger partial charge on any atom is 0.325 e. The Hall–Kier alpha value is -3.63. The van der Waals surface area contributed by atoms with E-state index in [4.69, 9.17) is 5.11 Å². The molecule has 4 N–H and O–H groups in total. The number of rotatable bonds is 7. The van der Waals surface area contributed by atoms with Crippen molar-refractivity contribution < 1.29 is 24.3 Å². The molecule has 4 amide bonds. The number of fused-ring (bicyclic) bond motifs is 1. The summed E-state index contributed by atoms with van der Waals surface area (Å²) in [5, 5.41) is 14.9. The first kappa shape index (κ1) is 21.6. The van der Waals surface area contributed by atoms with Crippen LogP contribution in [0.4, 0.5) is 10.7 Å². The van der Waals surface area contributed by atoms with Gasteiger partial charge in [0.1, 0.15) is 5.54 Å². The quantitative estimate of drug-likeness (QED) is 0.468. The number of amides is 4. The van der Waals surface area contributed by atoms with Gasteiger partial charge >= 0.3 is 12.0 Å². The zero-order valence-corrected chi connectivity index (χ0v) is 17.8. The molecule has 11 heteroatoms. The van der Waals surface area contributed by atoms with Crippen molar-refractivity contribution in [1.29, 1.82) is 0 Å². The molecule has 1 spiro atoms. The van der Waals surface area contributed by atoms with Crippen LogP contribution in [0.1, 0.15) is 26.2 Å². The second kappa shape index (κ2) is 8.48. The minimum Gasteiger partial charge on any atom is -0.481 e. The molecule has 3 heterocycles. The van der Waals surface area contributed by atoms with Gasteiger partial charge in [-0.15, -0.1) is 0 Å². The number of urea groups is 1. The van der Waals surface area contributed by atoms with Gasteiger partial charge in [-0.3, -0.25) is 19.3 Å². The Morgan fingerprint density at radius 1 is 1.25 bits per heavy atom. The Balaban J connectivity index is 1.27. The van der Waals surface area contributed by atoms with E-state index in [0.717, 1.165) is 15.9 Å². The molecule has 0 bridgehead atoms. The van der Waals surface area contributed by atoms with Gasteiger partial charge in [-0.25, -0.2) is 9.78 Å². The van der Waals surface area contributed by atoms with Gasteiger partial charge < -0.3 is 25.6 Å². The van der Waals surface area contributed by atoms with E-state index in [2.05, 4.69) is 20.6 Å². The minimum atomic E-state index is -1.07. The molecule has 2 aliphatic heterocycles. The lowest BCUT2D eigenvalue weighted by Gasteiger charge is -2.37. The molecule has 1 atom stereocenters. The van der Waals surface area contributed by atoms with Gasteiger partial charge in [0.05, 0.1) is 17.0 Å². The molecular formula is C21H26N6O5.